The molecule has 116 valence electrons. The van der Waals surface area contributed by atoms with Gasteiger partial charge in [0.05, 0.1) is 12.9 Å². The molecule has 2 atom stereocenters. The highest BCUT2D eigenvalue weighted by atomic mass is 32.2. The molecule has 1 aromatic rings. The largest absolute Gasteiger partial charge is 0.497 e. The Labute approximate surface area is 122 Å². The van der Waals surface area contributed by atoms with E-state index in [1.807, 2.05) is 0 Å². The van der Waals surface area contributed by atoms with E-state index in [2.05, 4.69) is 0 Å². The number of ether oxygens (including phenoxy) is 1. The Morgan fingerprint density at radius 3 is 2.86 bits per heavy atom. The fourth-order valence-electron chi connectivity index (χ4n) is 2.38. The molecule has 6 nitrogen and oxygen atoms in total. The first-order valence-electron chi connectivity index (χ1n) is 6.39. The van der Waals surface area contributed by atoms with Crippen molar-refractivity contribution in [1.82, 2.24) is 4.31 Å². The highest BCUT2D eigenvalue weighted by molar-refractivity contribution is 7.88. The van der Waals surface area contributed by atoms with Crippen molar-refractivity contribution in [3.05, 3.63) is 29.8 Å². The normalized spacial score (nSPS) is 23.1. The molecule has 1 aliphatic rings. The molecule has 1 fully saturated rings. The molecule has 1 amide bonds. The molecule has 0 unspecified atom stereocenters. The van der Waals surface area contributed by atoms with E-state index < -0.39 is 28.1 Å². The van der Waals surface area contributed by atoms with E-state index in [1.54, 1.807) is 24.3 Å². The van der Waals surface area contributed by atoms with E-state index in [1.165, 1.54) is 7.11 Å². The van der Waals surface area contributed by atoms with Gasteiger partial charge in [0.2, 0.25) is 15.9 Å². The number of nitrogens with two attached hydrogens (primary N) is 1. The summed E-state index contributed by atoms with van der Waals surface area (Å²) < 4.78 is 44.1. The summed E-state index contributed by atoms with van der Waals surface area (Å²) in [5.41, 5.74) is 5.65. The second-order valence-electron chi connectivity index (χ2n) is 4.93. The zero-order chi connectivity index (χ0) is 15.6. The van der Waals surface area contributed by atoms with Gasteiger partial charge in [-0.15, -0.1) is 0 Å². The van der Waals surface area contributed by atoms with E-state index in [9.17, 15) is 17.6 Å². The Hall–Kier alpha value is -1.67. The zero-order valence-corrected chi connectivity index (χ0v) is 12.3. The predicted molar refractivity (Wildman–Crippen MR) is 74.8 cm³/mol. The number of rotatable bonds is 5. The van der Waals surface area contributed by atoms with Gasteiger partial charge in [0.25, 0.3) is 0 Å². The number of carbonyl (C=O) groups is 1. The number of alkyl halides is 1. The molecule has 21 heavy (non-hydrogen) atoms. The third-order valence-electron chi connectivity index (χ3n) is 3.37. The van der Waals surface area contributed by atoms with E-state index in [-0.39, 0.29) is 18.7 Å². The first-order valence-corrected chi connectivity index (χ1v) is 8.00. The van der Waals surface area contributed by atoms with Gasteiger partial charge in [0.15, 0.2) is 0 Å². The highest BCUT2D eigenvalue weighted by Gasteiger charge is 2.42. The summed E-state index contributed by atoms with van der Waals surface area (Å²) in [6, 6.07) is 5.45. The van der Waals surface area contributed by atoms with Gasteiger partial charge in [-0.1, -0.05) is 12.1 Å². The van der Waals surface area contributed by atoms with E-state index in [0.29, 0.717) is 11.3 Å². The molecule has 1 aliphatic heterocycles. The van der Waals surface area contributed by atoms with Crippen LogP contribution in [-0.4, -0.2) is 44.5 Å². The van der Waals surface area contributed by atoms with Crippen molar-refractivity contribution in [2.45, 2.75) is 24.4 Å². The van der Waals surface area contributed by atoms with Crippen molar-refractivity contribution in [2.75, 3.05) is 13.7 Å². The van der Waals surface area contributed by atoms with Gasteiger partial charge in [-0.3, -0.25) is 4.79 Å². The van der Waals surface area contributed by atoms with Crippen LogP contribution in [0.2, 0.25) is 0 Å². The van der Waals surface area contributed by atoms with Gasteiger partial charge in [-0.05, 0) is 17.7 Å². The second kappa shape index (κ2) is 5.98. The lowest BCUT2D eigenvalue weighted by Gasteiger charge is -2.21. The maximum atomic E-state index is 13.4. The van der Waals surface area contributed by atoms with Crippen LogP contribution in [0.4, 0.5) is 4.39 Å². The zero-order valence-electron chi connectivity index (χ0n) is 11.5. The summed E-state index contributed by atoms with van der Waals surface area (Å²) in [5, 5.41) is 0. The standard InChI is InChI=1S/C13H17FN2O4S/c1-20-11-4-2-3-9(5-11)8-21(18,19)16-7-10(14)6-12(16)13(15)17/h2-5,10,12H,6-8H2,1H3,(H2,15,17)/t10-,12+/m1/s1. The molecule has 2 N–H and O–H groups in total. The summed E-state index contributed by atoms with van der Waals surface area (Å²) in [4.78, 5) is 11.3. The lowest BCUT2D eigenvalue weighted by atomic mass is 10.2. The first-order chi connectivity index (χ1) is 9.83. The summed E-state index contributed by atoms with van der Waals surface area (Å²) in [6.45, 7) is -0.333. The molecule has 8 heteroatoms. The van der Waals surface area contributed by atoms with Crippen LogP contribution in [0, 0.1) is 0 Å². The Morgan fingerprint density at radius 1 is 1.52 bits per heavy atom. The number of carbonyl (C=O) groups excluding carboxylic acids is 1. The lowest BCUT2D eigenvalue weighted by Crippen LogP contribution is -2.44. The lowest BCUT2D eigenvalue weighted by molar-refractivity contribution is -0.121. The van der Waals surface area contributed by atoms with Gasteiger partial charge in [-0.25, -0.2) is 12.8 Å². The van der Waals surface area contributed by atoms with Crippen molar-refractivity contribution < 1.29 is 22.3 Å². The molecule has 0 spiro atoms. The van der Waals surface area contributed by atoms with Crippen LogP contribution in [0.1, 0.15) is 12.0 Å². The number of nitrogens with zero attached hydrogens (tertiary/aromatic N) is 1. The highest BCUT2D eigenvalue weighted by Crippen LogP contribution is 2.26. The Bertz CT molecular complexity index is 635. The molecule has 0 aromatic heterocycles. The molecule has 0 bridgehead atoms. The smallest absolute Gasteiger partial charge is 0.235 e. The maximum Gasteiger partial charge on any atom is 0.235 e. The van der Waals surface area contributed by atoms with Crippen LogP contribution in [0.15, 0.2) is 24.3 Å². The number of sulfonamides is 1. The van der Waals surface area contributed by atoms with Gasteiger partial charge in [0, 0.05) is 13.0 Å². The average molecular weight is 316 g/mol. The third kappa shape index (κ3) is 3.51. The molecule has 1 saturated heterocycles. The minimum Gasteiger partial charge on any atom is -0.497 e. The minimum atomic E-state index is -3.83. The van der Waals surface area contributed by atoms with Gasteiger partial charge < -0.3 is 10.5 Å². The molecule has 0 radical (unpaired) electrons. The summed E-state index contributed by atoms with van der Waals surface area (Å²) >= 11 is 0. The van der Waals surface area contributed by atoms with Crippen molar-refractivity contribution in [3.63, 3.8) is 0 Å². The van der Waals surface area contributed by atoms with E-state index in [0.717, 1.165) is 4.31 Å². The summed E-state index contributed by atoms with van der Waals surface area (Å²) in [5.74, 6) is -0.635. The van der Waals surface area contributed by atoms with Crippen LogP contribution >= 0.6 is 0 Å². The van der Waals surface area contributed by atoms with Crippen molar-refractivity contribution in [3.8, 4) is 5.75 Å². The summed E-state index contributed by atoms with van der Waals surface area (Å²) in [6.07, 6.45) is -1.56. The molecular formula is C13H17FN2O4S. The van der Waals surface area contributed by atoms with Gasteiger partial charge >= 0.3 is 0 Å². The van der Waals surface area contributed by atoms with Crippen molar-refractivity contribution >= 4 is 15.9 Å². The molecular weight excluding hydrogens is 299 g/mol. The Balaban J connectivity index is 2.23. The fourth-order valence-corrected chi connectivity index (χ4v) is 4.11. The number of amides is 1. The SMILES string of the molecule is COc1cccc(CS(=O)(=O)N2C[C@H](F)C[C@H]2C(N)=O)c1. The van der Waals surface area contributed by atoms with E-state index >= 15 is 0 Å². The minimum absolute atomic E-state index is 0.188. The molecule has 1 aromatic carbocycles. The van der Waals surface area contributed by atoms with Crippen LogP contribution < -0.4 is 10.5 Å². The average Bonchev–Trinajstić information content (AvgIpc) is 2.82. The van der Waals surface area contributed by atoms with E-state index in [4.69, 9.17) is 10.5 Å². The monoisotopic (exact) mass is 316 g/mol. The second-order valence-corrected chi connectivity index (χ2v) is 6.85. The number of benzene rings is 1. The number of hydrogen-bond acceptors (Lipinski definition) is 4. The van der Waals surface area contributed by atoms with Crippen LogP contribution in [-0.2, 0) is 20.6 Å². The fraction of sp³-hybridized carbons (Fsp3) is 0.462. The van der Waals surface area contributed by atoms with Crippen LogP contribution in [0.5, 0.6) is 5.75 Å². The number of halogens is 1. The van der Waals surface area contributed by atoms with Crippen molar-refractivity contribution in [1.29, 1.82) is 0 Å². The Morgan fingerprint density at radius 2 is 2.24 bits per heavy atom. The number of hydrogen-bond donors (Lipinski definition) is 1. The number of primary amides is 1. The molecule has 0 saturated carbocycles. The van der Waals surface area contributed by atoms with Crippen LogP contribution in [0.25, 0.3) is 0 Å². The molecule has 0 aliphatic carbocycles. The van der Waals surface area contributed by atoms with Crippen molar-refractivity contribution in [2.24, 2.45) is 5.73 Å². The number of methoxy groups -OCH3 is 1. The molecule has 2 rings (SSSR count). The summed E-state index contributed by atoms with van der Waals surface area (Å²) in [7, 11) is -2.35. The van der Waals surface area contributed by atoms with Crippen LogP contribution in [0.3, 0.4) is 0 Å². The predicted octanol–water partition coefficient (Wildman–Crippen LogP) is 0.423. The maximum absolute atomic E-state index is 13.4. The third-order valence-corrected chi connectivity index (χ3v) is 5.19. The first kappa shape index (κ1) is 15.7. The topological polar surface area (TPSA) is 89.7 Å². The van der Waals surface area contributed by atoms with Gasteiger partial charge in [-0.2, -0.15) is 4.31 Å². The quantitative estimate of drug-likeness (QED) is 0.852. The van der Waals surface area contributed by atoms with Gasteiger partial charge in [0.1, 0.15) is 18.0 Å². The molecule has 1 heterocycles. The Kier molecular flexibility index (Phi) is 4.48.